The number of hydrogen-bond donors (Lipinski definition) is 4. The van der Waals surface area contributed by atoms with Gasteiger partial charge in [-0.15, -0.1) is 47.5 Å². The molecule has 0 radical (unpaired) electrons. The Hall–Kier alpha value is -2.98. The first-order valence-electron chi connectivity index (χ1n) is 8.58. The number of rotatable bonds is 4. The third-order valence-electron chi connectivity index (χ3n) is 4.43. The van der Waals surface area contributed by atoms with Crippen LogP contribution in [-0.2, 0) is 0 Å². The Morgan fingerprint density at radius 3 is 1.52 bits per heavy atom. The highest BCUT2D eigenvalue weighted by molar-refractivity contribution is 7.22. The third-order valence-corrected chi connectivity index (χ3v) is 6.49. The molecule has 0 fully saturated rings. The summed E-state index contributed by atoms with van der Waals surface area (Å²) in [6.07, 6.45) is 0. The Morgan fingerprint density at radius 2 is 1.13 bits per heavy atom. The molecule has 0 atom stereocenters. The van der Waals surface area contributed by atoms with Crippen LogP contribution in [0.4, 0.5) is 0 Å². The summed E-state index contributed by atoms with van der Waals surface area (Å²) in [5.74, 6) is 1.39. The van der Waals surface area contributed by atoms with Crippen molar-refractivity contribution < 1.29 is 4.42 Å². The van der Waals surface area contributed by atoms with Gasteiger partial charge in [-0.3, -0.25) is 10.8 Å². The molecular weight excluding hydrogens is 475 g/mol. The van der Waals surface area contributed by atoms with Crippen LogP contribution < -0.4 is 11.5 Å². The largest absolute Gasteiger partial charge is 0.451 e. The van der Waals surface area contributed by atoms with E-state index < -0.39 is 0 Å². The van der Waals surface area contributed by atoms with Crippen LogP contribution in [0.2, 0.25) is 0 Å². The van der Waals surface area contributed by atoms with E-state index in [0.717, 1.165) is 30.4 Å². The normalized spacial score (nSPS) is 10.6. The van der Waals surface area contributed by atoms with E-state index in [1.54, 1.807) is 12.1 Å². The zero-order valence-electron chi connectivity index (χ0n) is 15.7. The lowest BCUT2D eigenvalue weighted by Crippen LogP contribution is -2.10. The van der Waals surface area contributed by atoms with Gasteiger partial charge in [-0.05, 0) is 48.5 Å². The Labute approximate surface area is 197 Å². The molecule has 0 spiro atoms. The summed E-state index contributed by atoms with van der Waals surface area (Å²) >= 11 is 2.98. The van der Waals surface area contributed by atoms with Gasteiger partial charge in [0.05, 0.1) is 20.4 Å². The van der Waals surface area contributed by atoms with Crippen molar-refractivity contribution in [2.75, 3.05) is 0 Å². The Balaban J connectivity index is 0.00000136. The van der Waals surface area contributed by atoms with Crippen LogP contribution in [0.1, 0.15) is 11.1 Å². The summed E-state index contributed by atoms with van der Waals surface area (Å²) in [7, 11) is 0. The van der Waals surface area contributed by atoms with Gasteiger partial charge in [0.2, 0.25) is 0 Å². The predicted octanol–water partition coefficient (Wildman–Crippen LogP) is 5.24. The van der Waals surface area contributed by atoms with E-state index in [2.05, 4.69) is 9.97 Å². The Kier molecular flexibility index (Phi) is 6.33. The first-order valence-corrected chi connectivity index (χ1v) is 10.2. The number of benzene rings is 2. The molecule has 3 aromatic heterocycles. The topological polar surface area (TPSA) is 139 Å². The molecule has 31 heavy (non-hydrogen) atoms. The van der Waals surface area contributed by atoms with E-state index in [4.69, 9.17) is 26.7 Å². The molecule has 7 nitrogen and oxygen atoms in total. The molecule has 158 valence electrons. The molecule has 0 aliphatic carbocycles. The summed E-state index contributed by atoms with van der Waals surface area (Å²) in [5.41, 5.74) is 14.2. The number of aromatic nitrogens is 2. The number of nitrogens with two attached hydrogens (primary N) is 2. The zero-order chi connectivity index (χ0) is 20.1. The van der Waals surface area contributed by atoms with E-state index in [1.165, 1.54) is 22.7 Å². The van der Waals surface area contributed by atoms with Crippen molar-refractivity contribution in [1.29, 1.82) is 10.8 Å². The van der Waals surface area contributed by atoms with Gasteiger partial charge in [0.1, 0.15) is 11.7 Å². The summed E-state index contributed by atoms with van der Waals surface area (Å²) in [4.78, 5) is 9.25. The smallest absolute Gasteiger partial charge is 0.163 e. The monoisotopic (exact) mass is 490 g/mol. The summed E-state index contributed by atoms with van der Waals surface area (Å²) in [6.45, 7) is 0. The molecule has 5 aromatic rings. The predicted molar refractivity (Wildman–Crippen MR) is 132 cm³/mol. The number of amidine groups is 2. The lowest BCUT2D eigenvalue weighted by Gasteiger charge is -1.95. The standard InChI is InChI=1S/C20H14N6OS2.2ClH/c21-17(22)9-1-3-11-15(7-9)28-19(25-11)13-5-6-14(27-13)20-26-12-4-2-10(18(23)24)8-16(12)29-20;;/h1-8H,(H3,21,22)(H3,23,24);2*1H. The quantitative estimate of drug-likeness (QED) is 0.201. The van der Waals surface area contributed by atoms with Gasteiger partial charge in [0.15, 0.2) is 21.5 Å². The molecule has 11 heteroatoms. The maximum atomic E-state index is 7.58. The second-order valence-electron chi connectivity index (χ2n) is 6.39. The number of furan rings is 1. The van der Waals surface area contributed by atoms with E-state index in [1.807, 2.05) is 36.4 Å². The van der Waals surface area contributed by atoms with Gasteiger partial charge in [0, 0.05) is 11.1 Å². The van der Waals surface area contributed by atoms with Crippen molar-refractivity contribution >= 4 is 79.6 Å². The summed E-state index contributed by atoms with van der Waals surface area (Å²) in [6, 6.07) is 14.8. The van der Waals surface area contributed by atoms with Crippen molar-refractivity contribution in [3.63, 3.8) is 0 Å². The van der Waals surface area contributed by atoms with E-state index in [0.29, 0.717) is 22.6 Å². The van der Waals surface area contributed by atoms with E-state index >= 15 is 0 Å². The van der Waals surface area contributed by atoms with Crippen LogP contribution in [0.5, 0.6) is 0 Å². The minimum atomic E-state index is 0. The Morgan fingerprint density at radius 1 is 0.710 bits per heavy atom. The fourth-order valence-corrected chi connectivity index (χ4v) is 4.90. The highest BCUT2D eigenvalue weighted by Gasteiger charge is 2.15. The minimum Gasteiger partial charge on any atom is -0.451 e. The highest BCUT2D eigenvalue weighted by atomic mass is 35.5. The van der Waals surface area contributed by atoms with Crippen molar-refractivity contribution in [1.82, 2.24) is 9.97 Å². The van der Waals surface area contributed by atoms with Gasteiger partial charge >= 0.3 is 0 Å². The fourth-order valence-electron chi connectivity index (χ4n) is 2.96. The number of nitrogens with one attached hydrogen (secondary N) is 2. The van der Waals surface area contributed by atoms with Crippen molar-refractivity contribution in [3.05, 3.63) is 59.7 Å². The molecule has 3 heterocycles. The van der Waals surface area contributed by atoms with Crippen LogP contribution in [0.25, 0.3) is 42.0 Å². The molecule has 6 N–H and O–H groups in total. The molecule has 5 rings (SSSR count). The number of fused-ring (bicyclic) bond motifs is 2. The molecule has 0 amide bonds. The first kappa shape index (κ1) is 22.7. The highest BCUT2D eigenvalue weighted by Crippen LogP contribution is 2.36. The summed E-state index contributed by atoms with van der Waals surface area (Å²) < 4.78 is 7.93. The molecule has 0 aliphatic heterocycles. The molecule has 0 saturated carbocycles. The summed E-state index contributed by atoms with van der Waals surface area (Å²) in [5, 5.41) is 16.7. The minimum absolute atomic E-state index is 0. The van der Waals surface area contributed by atoms with Crippen molar-refractivity contribution in [3.8, 4) is 21.5 Å². The molecule has 0 aliphatic rings. The number of nitrogen functional groups attached to an aromatic ring is 2. The lowest BCUT2D eigenvalue weighted by atomic mass is 10.2. The van der Waals surface area contributed by atoms with Crippen molar-refractivity contribution in [2.45, 2.75) is 0 Å². The average Bonchev–Trinajstić information content (AvgIpc) is 3.42. The van der Waals surface area contributed by atoms with Gasteiger partial charge in [-0.25, -0.2) is 9.97 Å². The molecule has 0 bridgehead atoms. The number of nitrogens with zero attached hydrogens (tertiary/aromatic N) is 2. The van der Waals surface area contributed by atoms with E-state index in [9.17, 15) is 0 Å². The third kappa shape index (κ3) is 4.13. The van der Waals surface area contributed by atoms with Gasteiger partial charge < -0.3 is 15.9 Å². The van der Waals surface area contributed by atoms with E-state index in [-0.39, 0.29) is 36.5 Å². The maximum Gasteiger partial charge on any atom is 0.163 e. The van der Waals surface area contributed by atoms with Gasteiger partial charge in [-0.2, -0.15) is 0 Å². The van der Waals surface area contributed by atoms with Crippen LogP contribution in [0, 0.1) is 10.8 Å². The molecule has 0 saturated heterocycles. The second-order valence-corrected chi connectivity index (χ2v) is 8.46. The second kappa shape index (κ2) is 8.64. The van der Waals surface area contributed by atoms with Gasteiger partial charge in [0.25, 0.3) is 0 Å². The SMILES string of the molecule is Cl.Cl.N=C(N)c1ccc2nc(-c3ccc(-c4nc5ccc(C(=N)N)cc5s4)o3)sc2c1. The number of halogens is 2. The van der Waals surface area contributed by atoms with Crippen LogP contribution in [-0.4, -0.2) is 21.6 Å². The molecular formula is C20H16Cl2N6OS2. The van der Waals surface area contributed by atoms with Crippen LogP contribution >= 0.6 is 47.5 Å². The van der Waals surface area contributed by atoms with Gasteiger partial charge in [-0.1, -0.05) is 0 Å². The van der Waals surface area contributed by atoms with Crippen molar-refractivity contribution in [2.24, 2.45) is 11.5 Å². The fraction of sp³-hybridized carbons (Fsp3) is 0. The molecule has 0 unspecified atom stereocenters. The number of thiazole rings is 2. The average molecular weight is 491 g/mol. The van der Waals surface area contributed by atoms with Crippen LogP contribution in [0.15, 0.2) is 52.9 Å². The maximum absolute atomic E-state index is 7.58. The zero-order valence-corrected chi connectivity index (χ0v) is 19.0. The first-order chi connectivity index (χ1) is 14.0. The Bertz CT molecular complexity index is 1330. The number of hydrogen-bond acceptors (Lipinski definition) is 7. The lowest BCUT2D eigenvalue weighted by molar-refractivity contribution is 0.596. The molecule has 2 aromatic carbocycles. The van der Waals surface area contributed by atoms with Crippen LogP contribution in [0.3, 0.4) is 0 Å².